The Kier molecular flexibility index (Phi) is 3.29. The van der Waals surface area contributed by atoms with Crippen LogP contribution < -0.4 is 0 Å². The molecule has 1 N–H and O–H groups in total. The SMILES string of the molecule is Oc1cc(-c2nc(CC(F)(F)F)no2)ccc1Br. The van der Waals surface area contributed by atoms with Crippen LogP contribution in [0.25, 0.3) is 11.5 Å². The molecule has 0 spiro atoms. The van der Waals surface area contributed by atoms with Crippen molar-refractivity contribution < 1.29 is 22.8 Å². The fourth-order valence-electron chi connectivity index (χ4n) is 1.27. The fraction of sp³-hybridized carbons (Fsp3) is 0.200. The standard InChI is InChI=1S/C10H6BrF3N2O2/c11-6-2-1-5(3-7(6)17)9-15-8(16-18-9)4-10(12,13)14/h1-3,17H,4H2. The van der Waals surface area contributed by atoms with E-state index in [2.05, 4.69) is 26.1 Å². The van der Waals surface area contributed by atoms with Gasteiger partial charge in [-0.3, -0.25) is 0 Å². The van der Waals surface area contributed by atoms with Crippen LogP contribution in [-0.2, 0) is 6.42 Å². The number of nitrogens with zero attached hydrogens (tertiary/aromatic N) is 2. The Hall–Kier alpha value is -1.57. The monoisotopic (exact) mass is 322 g/mol. The van der Waals surface area contributed by atoms with Crippen molar-refractivity contribution in [2.24, 2.45) is 0 Å². The first kappa shape index (κ1) is 12.9. The fourth-order valence-corrected chi connectivity index (χ4v) is 1.51. The van der Waals surface area contributed by atoms with Gasteiger partial charge in [0.2, 0.25) is 0 Å². The lowest BCUT2D eigenvalue weighted by atomic mass is 10.2. The molecule has 0 aliphatic carbocycles. The third-order valence-electron chi connectivity index (χ3n) is 2.02. The number of aromatic hydroxyl groups is 1. The Labute approximate surface area is 108 Å². The van der Waals surface area contributed by atoms with Gasteiger partial charge in [-0.05, 0) is 34.1 Å². The number of aromatic nitrogens is 2. The highest BCUT2D eigenvalue weighted by atomic mass is 79.9. The van der Waals surface area contributed by atoms with E-state index in [1.807, 2.05) is 0 Å². The molecule has 8 heteroatoms. The zero-order valence-electron chi connectivity index (χ0n) is 8.70. The van der Waals surface area contributed by atoms with Gasteiger partial charge >= 0.3 is 6.18 Å². The van der Waals surface area contributed by atoms with Gasteiger partial charge in [0.25, 0.3) is 5.89 Å². The number of benzene rings is 1. The van der Waals surface area contributed by atoms with Crippen LogP contribution in [0.4, 0.5) is 13.2 Å². The van der Waals surface area contributed by atoms with E-state index in [-0.39, 0.29) is 11.6 Å². The highest BCUT2D eigenvalue weighted by molar-refractivity contribution is 9.10. The van der Waals surface area contributed by atoms with E-state index in [1.165, 1.54) is 18.2 Å². The van der Waals surface area contributed by atoms with Crippen molar-refractivity contribution >= 4 is 15.9 Å². The first-order valence-corrected chi connectivity index (χ1v) is 5.53. The van der Waals surface area contributed by atoms with Gasteiger partial charge < -0.3 is 9.63 Å². The van der Waals surface area contributed by atoms with Crippen LogP contribution in [0, 0.1) is 0 Å². The van der Waals surface area contributed by atoms with Crippen molar-refractivity contribution in [2.75, 3.05) is 0 Å². The largest absolute Gasteiger partial charge is 0.507 e. The minimum Gasteiger partial charge on any atom is -0.507 e. The summed E-state index contributed by atoms with van der Waals surface area (Å²) in [6, 6.07) is 4.38. The average molecular weight is 323 g/mol. The quantitative estimate of drug-likeness (QED) is 0.921. The Morgan fingerprint density at radius 1 is 1.33 bits per heavy atom. The van der Waals surface area contributed by atoms with Gasteiger partial charge in [-0.2, -0.15) is 18.2 Å². The number of halogens is 4. The molecular weight excluding hydrogens is 317 g/mol. The molecule has 0 fully saturated rings. The summed E-state index contributed by atoms with van der Waals surface area (Å²) in [5.41, 5.74) is 0.344. The molecule has 0 atom stereocenters. The third kappa shape index (κ3) is 3.00. The summed E-state index contributed by atoms with van der Waals surface area (Å²) in [5.74, 6) is -0.583. The number of hydrogen-bond acceptors (Lipinski definition) is 4. The molecule has 0 radical (unpaired) electrons. The maximum absolute atomic E-state index is 12.1. The molecule has 0 bridgehead atoms. The molecule has 0 amide bonds. The van der Waals surface area contributed by atoms with Crippen LogP contribution in [0.5, 0.6) is 5.75 Å². The van der Waals surface area contributed by atoms with Crippen molar-refractivity contribution in [3.05, 3.63) is 28.5 Å². The maximum atomic E-state index is 12.1. The van der Waals surface area contributed by atoms with E-state index in [9.17, 15) is 18.3 Å². The lowest BCUT2D eigenvalue weighted by Crippen LogP contribution is -2.12. The summed E-state index contributed by atoms with van der Waals surface area (Å²) in [6.45, 7) is 0. The normalized spacial score (nSPS) is 11.8. The van der Waals surface area contributed by atoms with Crippen LogP contribution >= 0.6 is 15.9 Å². The highest BCUT2D eigenvalue weighted by Gasteiger charge is 2.30. The van der Waals surface area contributed by atoms with Crippen LogP contribution in [-0.4, -0.2) is 21.4 Å². The molecule has 18 heavy (non-hydrogen) atoms. The predicted octanol–water partition coefficient (Wildman–Crippen LogP) is 3.31. The van der Waals surface area contributed by atoms with Gasteiger partial charge in [-0.25, -0.2) is 0 Å². The minimum absolute atomic E-state index is 0.0666. The minimum atomic E-state index is -4.39. The predicted molar refractivity (Wildman–Crippen MR) is 58.9 cm³/mol. The third-order valence-corrected chi connectivity index (χ3v) is 2.69. The van der Waals surface area contributed by atoms with Gasteiger partial charge in [0.15, 0.2) is 5.82 Å². The van der Waals surface area contributed by atoms with E-state index in [1.54, 1.807) is 0 Å². The summed E-state index contributed by atoms with van der Waals surface area (Å²) in [7, 11) is 0. The second-order valence-corrected chi connectivity index (χ2v) is 4.33. The number of rotatable bonds is 2. The first-order valence-electron chi connectivity index (χ1n) is 4.73. The molecule has 2 rings (SSSR count). The number of phenols is 1. The molecule has 0 unspecified atom stereocenters. The molecule has 1 heterocycles. The van der Waals surface area contributed by atoms with Gasteiger partial charge in [-0.1, -0.05) is 5.16 Å². The van der Waals surface area contributed by atoms with Crippen LogP contribution in [0.1, 0.15) is 5.82 Å². The molecule has 0 saturated heterocycles. The van der Waals surface area contributed by atoms with Crippen LogP contribution in [0.3, 0.4) is 0 Å². The smallest absolute Gasteiger partial charge is 0.396 e. The van der Waals surface area contributed by atoms with Crippen molar-refractivity contribution in [3.63, 3.8) is 0 Å². The second-order valence-electron chi connectivity index (χ2n) is 3.47. The van der Waals surface area contributed by atoms with E-state index in [4.69, 9.17) is 4.52 Å². The summed E-state index contributed by atoms with van der Waals surface area (Å²) >= 11 is 3.08. The molecular formula is C10H6BrF3N2O2. The zero-order valence-corrected chi connectivity index (χ0v) is 10.3. The molecule has 1 aromatic heterocycles. The van der Waals surface area contributed by atoms with Crippen molar-refractivity contribution in [1.29, 1.82) is 0 Å². The average Bonchev–Trinajstić information content (AvgIpc) is 2.68. The van der Waals surface area contributed by atoms with E-state index in [0.717, 1.165) is 0 Å². The first-order chi connectivity index (χ1) is 8.35. The Balaban J connectivity index is 2.26. The van der Waals surface area contributed by atoms with Crippen LogP contribution in [0.15, 0.2) is 27.2 Å². The summed E-state index contributed by atoms with van der Waals surface area (Å²) in [4.78, 5) is 3.61. The number of alkyl halides is 3. The van der Waals surface area contributed by atoms with Crippen molar-refractivity contribution in [3.8, 4) is 17.2 Å². The second kappa shape index (κ2) is 4.60. The summed E-state index contributed by atoms with van der Waals surface area (Å²) < 4.78 is 41.5. The molecule has 0 saturated carbocycles. The number of hydrogen-bond donors (Lipinski definition) is 1. The van der Waals surface area contributed by atoms with Gasteiger partial charge in [0, 0.05) is 5.56 Å². The zero-order chi connectivity index (χ0) is 13.3. The highest BCUT2D eigenvalue weighted by Crippen LogP contribution is 2.29. The van der Waals surface area contributed by atoms with E-state index >= 15 is 0 Å². The Morgan fingerprint density at radius 3 is 2.67 bits per heavy atom. The lowest BCUT2D eigenvalue weighted by Gasteiger charge is -2.00. The Bertz CT molecular complexity index is 568. The molecule has 0 aliphatic rings. The van der Waals surface area contributed by atoms with E-state index in [0.29, 0.717) is 10.0 Å². The molecule has 4 nitrogen and oxygen atoms in total. The van der Waals surface area contributed by atoms with E-state index < -0.39 is 18.4 Å². The summed E-state index contributed by atoms with van der Waals surface area (Å²) in [6.07, 6.45) is -5.64. The molecule has 2 aromatic rings. The maximum Gasteiger partial charge on any atom is 0.396 e. The Morgan fingerprint density at radius 2 is 2.06 bits per heavy atom. The van der Waals surface area contributed by atoms with Crippen molar-refractivity contribution in [1.82, 2.24) is 10.1 Å². The molecule has 1 aromatic carbocycles. The lowest BCUT2D eigenvalue weighted by molar-refractivity contribution is -0.128. The summed E-state index contributed by atoms with van der Waals surface area (Å²) in [5, 5.41) is 12.7. The number of phenolic OH excluding ortho intramolecular Hbond substituents is 1. The van der Waals surface area contributed by atoms with Gasteiger partial charge in [0.1, 0.15) is 12.2 Å². The van der Waals surface area contributed by atoms with Gasteiger partial charge in [0.05, 0.1) is 4.47 Å². The van der Waals surface area contributed by atoms with Crippen LogP contribution in [0.2, 0.25) is 0 Å². The molecule has 96 valence electrons. The molecule has 0 aliphatic heterocycles. The van der Waals surface area contributed by atoms with Crippen molar-refractivity contribution in [2.45, 2.75) is 12.6 Å². The van der Waals surface area contributed by atoms with Gasteiger partial charge in [-0.15, -0.1) is 0 Å². The topological polar surface area (TPSA) is 59.2 Å².